The van der Waals surface area contributed by atoms with Gasteiger partial charge < -0.3 is 10.5 Å². The van der Waals surface area contributed by atoms with Crippen LogP contribution in [0.2, 0.25) is 0 Å². The number of anilines is 1. The van der Waals surface area contributed by atoms with Crippen LogP contribution in [0.1, 0.15) is 23.8 Å². The van der Waals surface area contributed by atoms with Crippen LogP contribution in [0.25, 0.3) is 0 Å². The van der Waals surface area contributed by atoms with E-state index in [2.05, 4.69) is 15.2 Å². The van der Waals surface area contributed by atoms with Crippen LogP contribution in [0.5, 0.6) is 0 Å². The Bertz CT molecular complexity index is 607. The lowest BCUT2D eigenvalue weighted by atomic mass is 10.3. The number of thiazole rings is 1. The van der Waals surface area contributed by atoms with Gasteiger partial charge in [-0.25, -0.2) is 9.78 Å². The van der Waals surface area contributed by atoms with Crippen LogP contribution in [0.4, 0.5) is 16.5 Å². The number of hydrogen-bond donors (Lipinski definition) is 1. The second-order valence-corrected chi connectivity index (χ2v) is 4.78. The molecule has 0 unspecified atom stereocenters. The van der Waals surface area contributed by atoms with Crippen molar-refractivity contribution in [2.24, 2.45) is 10.2 Å². The Hall–Kier alpha value is -2.28. The zero-order chi connectivity index (χ0) is 14.4. The maximum atomic E-state index is 11.6. The lowest BCUT2D eigenvalue weighted by Crippen LogP contribution is -2.05. The Morgan fingerprint density at radius 2 is 2.10 bits per heavy atom. The molecule has 1 heterocycles. The molecule has 7 heteroatoms. The molecule has 0 saturated heterocycles. The van der Waals surface area contributed by atoms with Crippen molar-refractivity contribution in [3.05, 3.63) is 35.3 Å². The van der Waals surface area contributed by atoms with Gasteiger partial charge in [-0.3, -0.25) is 0 Å². The monoisotopic (exact) mass is 290 g/mol. The van der Waals surface area contributed by atoms with Crippen molar-refractivity contribution in [1.29, 1.82) is 0 Å². The topological polar surface area (TPSA) is 89.9 Å². The van der Waals surface area contributed by atoms with Crippen LogP contribution in [-0.2, 0) is 4.74 Å². The van der Waals surface area contributed by atoms with Gasteiger partial charge in [-0.05, 0) is 30.7 Å². The van der Waals surface area contributed by atoms with Crippen molar-refractivity contribution in [1.82, 2.24) is 4.98 Å². The van der Waals surface area contributed by atoms with E-state index in [1.807, 2.05) is 6.92 Å². The van der Waals surface area contributed by atoms with E-state index in [4.69, 9.17) is 10.5 Å². The first-order chi connectivity index (χ1) is 9.69. The smallest absolute Gasteiger partial charge is 0.357 e. The number of aromatic nitrogens is 1. The van der Waals surface area contributed by atoms with Crippen LogP contribution < -0.4 is 5.73 Å². The van der Waals surface area contributed by atoms with Gasteiger partial charge >= 0.3 is 5.97 Å². The van der Waals surface area contributed by atoms with Crippen molar-refractivity contribution < 1.29 is 9.53 Å². The summed E-state index contributed by atoms with van der Waals surface area (Å²) in [4.78, 5) is 15.6. The molecule has 0 radical (unpaired) electrons. The maximum Gasteiger partial charge on any atom is 0.357 e. The lowest BCUT2D eigenvalue weighted by Gasteiger charge is -1.98. The number of esters is 1. The summed E-state index contributed by atoms with van der Waals surface area (Å²) in [6.45, 7) is 2.32. The summed E-state index contributed by atoms with van der Waals surface area (Å²) in [5, 5.41) is 10.0. The van der Waals surface area contributed by atoms with E-state index in [1.54, 1.807) is 29.6 Å². The average Bonchev–Trinajstić information content (AvgIpc) is 2.93. The molecule has 2 rings (SSSR count). The molecule has 2 aromatic rings. The Morgan fingerprint density at radius 3 is 2.80 bits per heavy atom. The first-order valence-corrected chi connectivity index (χ1v) is 6.97. The minimum atomic E-state index is -0.433. The maximum absolute atomic E-state index is 11.6. The number of ether oxygens (including phenoxy) is 1. The molecular formula is C13H14N4O2S. The summed E-state index contributed by atoms with van der Waals surface area (Å²) in [6, 6.07) is 6.99. The van der Waals surface area contributed by atoms with Crippen molar-refractivity contribution in [3.8, 4) is 0 Å². The van der Waals surface area contributed by atoms with Crippen LogP contribution in [-0.4, -0.2) is 17.6 Å². The van der Waals surface area contributed by atoms with E-state index < -0.39 is 5.97 Å². The number of nitrogens with two attached hydrogens (primary N) is 1. The minimum Gasteiger partial charge on any atom is -0.461 e. The molecule has 1 aromatic heterocycles. The zero-order valence-corrected chi connectivity index (χ0v) is 11.8. The Labute approximate surface area is 120 Å². The van der Waals surface area contributed by atoms with Gasteiger partial charge in [-0.15, -0.1) is 21.6 Å². The third-order valence-electron chi connectivity index (χ3n) is 2.28. The first-order valence-electron chi connectivity index (χ1n) is 6.09. The largest absolute Gasteiger partial charge is 0.461 e. The van der Waals surface area contributed by atoms with Crippen molar-refractivity contribution in [2.75, 3.05) is 12.3 Å². The SMILES string of the molecule is CCCOC(=O)c1csc(N=Nc2ccc(N)cc2)n1. The van der Waals surface area contributed by atoms with E-state index >= 15 is 0 Å². The molecule has 0 spiro atoms. The molecule has 0 aliphatic heterocycles. The highest BCUT2D eigenvalue weighted by Gasteiger charge is 2.11. The molecule has 0 aliphatic carbocycles. The summed E-state index contributed by atoms with van der Waals surface area (Å²) >= 11 is 1.24. The van der Waals surface area contributed by atoms with E-state index in [0.717, 1.165) is 6.42 Å². The molecule has 6 nitrogen and oxygen atoms in total. The summed E-state index contributed by atoms with van der Waals surface area (Å²) in [5.41, 5.74) is 7.17. The normalized spacial score (nSPS) is 10.8. The van der Waals surface area contributed by atoms with Crippen LogP contribution >= 0.6 is 11.3 Å². The third-order valence-corrected chi connectivity index (χ3v) is 3.01. The number of carbonyl (C=O) groups excluding carboxylic acids is 1. The van der Waals surface area contributed by atoms with Gasteiger partial charge in [0, 0.05) is 11.1 Å². The van der Waals surface area contributed by atoms with Gasteiger partial charge in [0.2, 0.25) is 5.13 Å². The highest BCUT2D eigenvalue weighted by atomic mass is 32.1. The molecule has 0 fully saturated rings. The fourth-order valence-corrected chi connectivity index (χ4v) is 1.92. The second-order valence-electron chi connectivity index (χ2n) is 3.94. The quantitative estimate of drug-likeness (QED) is 0.516. The molecule has 104 valence electrons. The van der Waals surface area contributed by atoms with E-state index in [0.29, 0.717) is 23.1 Å². The fourth-order valence-electron chi connectivity index (χ4n) is 1.31. The number of nitrogens with zero attached hydrogens (tertiary/aromatic N) is 3. The lowest BCUT2D eigenvalue weighted by molar-refractivity contribution is 0.0499. The van der Waals surface area contributed by atoms with Crippen LogP contribution in [0, 0.1) is 0 Å². The van der Waals surface area contributed by atoms with Gasteiger partial charge in [-0.2, -0.15) is 0 Å². The molecule has 20 heavy (non-hydrogen) atoms. The fraction of sp³-hybridized carbons (Fsp3) is 0.231. The summed E-state index contributed by atoms with van der Waals surface area (Å²) in [5.74, 6) is -0.433. The number of rotatable bonds is 5. The molecule has 0 atom stereocenters. The molecule has 0 amide bonds. The molecule has 1 aromatic carbocycles. The Kier molecular flexibility index (Phi) is 4.78. The molecule has 0 bridgehead atoms. The molecule has 0 saturated carbocycles. The Balaban J connectivity index is 2.02. The zero-order valence-electron chi connectivity index (χ0n) is 10.9. The Morgan fingerprint density at radius 1 is 1.35 bits per heavy atom. The minimum absolute atomic E-state index is 0.259. The van der Waals surface area contributed by atoms with Crippen molar-refractivity contribution in [2.45, 2.75) is 13.3 Å². The van der Waals surface area contributed by atoms with Gasteiger partial charge in [0.15, 0.2) is 5.69 Å². The third kappa shape index (κ3) is 3.86. The highest BCUT2D eigenvalue weighted by molar-refractivity contribution is 7.13. The number of nitrogen functional groups attached to an aromatic ring is 1. The summed E-state index contributed by atoms with van der Waals surface area (Å²) < 4.78 is 4.99. The number of carbonyl (C=O) groups is 1. The van der Waals surface area contributed by atoms with Crippen molar-refractivity contribution >= 4 is 33.8 Å². The predicted molar refractivity (Wildman–Crippen MR) is 77.7 cm³/mol. The van der Waals surface area contributed by atoms with Gasteiger partial charge in [0.1, 0.15) is 0 Å². The van der Waals surface area contributed by atoms with E-state index in [9.17, 15) is 4.79 Å². The first kappa shape index (κ1) is 14.1. The number of benzene rings is 1. The molecular weight excluding hydrogens is 276 g/mol. The molecule has 0 aliphatic rings. The van der Waals surface area contributed by atoms with Crippen LogP contribution in [0.15, 0.2) is 39.9 Å². The standard InChI is InChI=1S/C13H14N4O2S/c1-2-7-19-12(18)11-8-20-13(15-11)17-16-10-5-3-9(14)4-6-10/h3-6,8H,2,7,14H2,1H3. The summed E-state index contributed by atoms with van der Waals surface area (Å²) in [6.07, 6.45) is 0.777. The highest BCUT2D eigenvalue weighted by Crippen LogP contribution is 2.23. The molecule has 2 N–H and O–H groups in total. The van der Waals surface area contributed by atoms with Gasteiger partial charge in [-0.1, -0.05) is 6.92 Å². The van der Waals surface area contributed by atoms with Gasteiger partial charge in [0.25, 0.3) is 0 Å². The number of hydrogen-bond acceptors (Lipinski definition) is 7. The summed E-state index contributed by atoms with van der Waals surface area (Å²) in [7, 11) is 0. The predicted octanol–water partition coefficient (Wildman–Crippen LogP) is 3.71. The second kappa shape index (κ2) is 6.76. The van der Waals surface area contributed by atoms with E-state index in [1.165, 1.54) is 11.3 Å². The van der Waals surface area contributed by atoms with Gasteiger partial charge in [0.05, 0.1) is 12.3 Å². The average molecular weight is 290 g/mol. The number of azo groups is 1. The van der Waals surface area contributed by atoms with Crippen molar-refractivity contribution in [3.63, 3.8) is 0 Å². The van der Waals surface area contributed by atoms with E-state index in [-0.39, 0.29) is 5.69 Å². The van der Waals surface area contributed by atoms with Crippen LogP contribution in [0.3, 0.4) is 0 Å².